The zero-order chi connectivity index (χ0) is 17.7. The summed E-state index contributed by atoms with van der Waals surface area (Å²) in [5.41, 5.74) is 12.7. The van der Waals surface area contributed by atoms with Gasteiger partial charge < -0.3 is 26.6 Å². The zero-order valence-electron chi connectivity index (χ0n) is 13.1. The van der Waals surface area contributed by atoms with Crippen molar-refractivity contribution < 1.29 is 15.2 Å². The molecule has 0 aliphatic carbocycles. The molecule has 0 aliphatic heterocycles. The van der Waals surface area contributed by atoms with E-state index in [9.17, 15) is 0 Å². The number of nitrogens with two attached hydrogens (primary N) is 2. The quantitative estimate of drug-likeness (QED) is 0.244. The highest BCUT2D eigenvalue weighted by Gasteiger charge is 2.12. The van der Waals surface area contributed by atoms with E-state index in [0.717, 1.165) is 5.56 Å². The molecule has 0 aromatic heterocycles. The van der Waals surface area contributed by atoms with E-state index in [4.69, 9.17) is 49.8 Å². The Balaban J connectivity index is 0.00000312. The van der Waals surface area contributed by atoms with Gasteiger partial charge in [-0.25, -0.2) is 0 Å². The molecule has 2 rings (SSSR count). The summed E-state index contributed by atoms with van der Waals surface area (Å²) in [5.74, 6) is 0.148. The van der Waals surface area contributed by atoms with Gasteiger partial charge in [-0.1, -0.05) is 51.7 Å². The summed E-state index contributed by atoms with van der Waals surface area (Å²) in [7, 11) is 0. The molecule has 0 saturated heterocycles. The molecule has 0 saturated carbocycles. The molecular weight excluding hydrogens is 426 g/mol. The maximum Gasteiger partial charge on any atom is 0.170 e. The molecule has 2 aromatic rings. The Hall–Kier alpha value is -2.06. The molecule has 11 heteroatoms. The minimum atomic E-state index is -0.114. The van der Waals surface area contributed by atoms with Crippen LogP contribution in [0.4, 0.5) is 0 Å². The molecule has 0 aliphatic rings. The Morgan fingerprint density at radius 2 is 1.46 bits per heavy atom. The third-order valence-corrected chi connectivity index (χ3v) is 3.68. The van der Waals surface area contributed by atoms with Crippen molar-refractivity contribution in [3.8, 4) is 5.75 Å². The van der Waals surface area contributed by atoms with Crippen molar-refractivity contribution in [2.45, 2.75) is 6.61 Å². The molecule has 0 amide bonds. The summed E-state index contributed by atoms with van der Waals surface area (Å²) in [6.07, 6.45) is 0. The third-order valence-electron chi connectivity index (χ3n) is 3.12. The molecular formula is C15H16Cl4N4O3. The first kappa shape index (κ1) is 23.9. The average Bonchev–Trinajstić information content (AvgIpc) is 2.59. The number of hydrogen-bond acceptors (Lipinski definition) is 5. The summed E-state index contributed by atoms with van der Waals surface area (Å²) in [6, 6.07) is 9.92. The van der Waals surface area contributed by atoms with Gasteiger partial charge in [-0.15, -0.1) is 24.8 Å². The number of halogens is 4. The fourth-order valence-electron chi connectivity index (χ4n) is 1.94. The molecule has 0 atom stereocenters. The van der Waals surface area contributed by atoms with Crippen LogP contribution in [-0.4, -0.2) is 22.1 Å². The van der Waals surface area contributed by atoms with E-state index in [1.165, 1.54) is 12.1 Å². The van der Waals surface area contributed by atoms with Gasteiger partial charge in [0.1, 0.15) is 6.61 Å². The van der Waals surface area contributed by atoms with Crippen LogP contribution in [0.1, 0.15) is 16.7 Å². The van der Waals surface area contributed by atoms with Crippen LogP contribution in [0.5, 0.6) is 5.75 Å². The van der Waals surface area contributed by atoms with Crippen molar-refractivity contribution in [2.24, 2.45) is 21.8 Å². The lowest BCUT2D eigenvalue weighted by Crippen LogP contribution is -2.13. The Labute approximate surface area is 172 Å². The maximum absolute atomic E-state index is 8.71. The summed E-state index contributed by atoms with van der Waals surface area (Å²) < 4.78 is 5.64. The molecule has 0 unspecified atom stereocenters. The monoisotopic (exact) mass is 440 g/mol. The van der Waals surface area contributed by atoms with Crippen LogP contribution in [0, 0.1) is 0 Å². The molecule has 142 valence electrons. The molecule has 0 fully saturated rings. The summed E-state index contributed by atoms with van der Waals surface area (Å²) in [5, 5.41) is 23.7. The Morgan fingerprint density at radius 3 is 2.00 bits per heavy atom. The van der Waals surface area contributed by atoms with Gasteiger partial charge >= 0.3 is 0 Å². The molecule has 7 nitrogen and oxygen atoms in total. The Kier molecular flexibility index (Phi) is 9.97. The highest BCUT2D eigenvalue weighted by Crippen LogP contribution is 2.34. The van der Waals surface area contributed by atoms with E-state index in [-0.39, 0.29) is 58.9 Å². The maximum atomic E-state index is 8.71. The summed E-state index contributed by atoms with van der Waals surface area (Å²) >= 11 is 12.3. The minimum absolute atomic E-state index is 0. The van der Waals surface area contributed by atoms with Crippen molar-refractivity contribution in [1.29, 1.82) is 0 Å². The fraction of sp³-hybridized carbons (Fsp3) is 0.0667. The smallest absolute Gasteiger partial charge is 0.170 e. The number of rotatable bonds is 5. The van der Waals surface area contributed by atoms with Crippen LogP contribution >= 0.6 is 48.0 Å². The summed E-state index contributed by atoms with van der Waals surface area (Å²) in [6.45, 7) is 0.162. The van der Waals surface area contributed by atoms with Gasteiger partial charge in [0.05, 0.1) is 10.0 Å². The Morgan fingerprint density at radius 1 is 0.923 bits per heavy atom. The molecule has 0 bridgehead atoms. The second-order valence-corrected chi connectivity index (χ2v) is 5.54. The van der Waals surface area contributed by atoms with E-state index in [2.05, 4.69) is 10.3 Å². The largest absolute Gasteiger partial charge is 0.486 e. The molecule has 0 spiro atoms. The van der Waals surface area contributed by atoms with Gasteiger partial charge in [-0.3, -0.25) is 0 Å². The minimum Gasteiger partial charge on any atom is -0.486 e. The van der Waals surface area contributed by atoms with E-state index in [1.54, 1.807) is 24.3 Å². The molecule has 0 radical (unpaired) electrons. The highest BCUT2D eigenvalue weighted by atomic mass is 35.5. The van der Waals surface area contributed by atoms with Gasteiger partial charge in [0, 0.05) is 11.1 Å². The van der Waals surface area contributed by atoms with Gasteiger partial charge in [0.2, 0.25) is 0 Å². The predicted molar refractivity (Wildman–Crippen MR) is 107 cm³/mol. The standard InChI is InChI=1S/C15H14Cl2N4O3.2ClH/c16-11-5-10(15(19)21-23)6-12(17)13(11)24-7-8-2-1-3-9(4-8)14(18)20-22;;/h1-6,22-23H,7H2,(H2,18,20)(H2,19,21);2*1H. The van der Waals surface area contributed by atoms with Crippen molar-refractivity contribution in [3.05, 3.63) is 63.1 Å². The molecule has 26 heavy (non-hydrogen) atoms. The van der Waals surface area contributed by atoms with Crippen molar-refractivity contribution >= 4 is 59.7 Å². The lowest BCUT2D eigenvalue weighted by atomic mass is 10.1. The van der Waals surface area contributed by atoms with Crippen molar-refractivity contribution in [2.75, 3.05) is 0 Å². The number of amidine groups is 2. The number of ether oxygens (including phenoxy) is 1. The Bertz CT molecular complexity index is 792. The molecule has 6 N–H and O–H groups in total. The van der Waals surface area contributed by atoms with Gasteiger partial charge in [-0.05, 0) is 23.8 Å². The zero-order valence-corrected chi connectivity index (χ0v) is 16.2. The molecule has 2 aromatic carbocycles. The topological polar surface area (TPSA) is 126 Å². The van der Waals surface area contributed by atoms with Gasteiger partial charge in [0.15, 0.2) is 17.4 Å². The first-order valence-corrected chi connectivity index (χ1v) is 7.38. The van der Waals surface area contributed by atoms with E-state index < -0.39 is 0 Å². The van der Waals surface area contributed by atoms with Crippen molar-refractivity contribution in [3.63, 3.8) is 0 Å². The van der Waals surface area contributed by atoms with E-state index in [1.807, 2.05) is 0 Å². The number of nitrogens with zero attached hydrogens (tertiary/aromatic N) is 2. The number of oxime groups is 2. The van der Waals surface area contributed by atoms with Crippen LogP contribution in [-0.2, 0) is 6.61 Å². The predicted octanol–water partition coefficient (Wildman–Crippen LogP) is 3.61. The van der Waals surface area contributed by atoms with Crippen LogP contribution in [0.2, 0.25) is 10.0 Å². The fourth-order valence-corrected chi connectivity index (χ4v) is 2.53. The second kappa shape index (κ2) is 10.8. The van der Waals surface area contributed by atoms with E-state index in [0.29, 0.717) is 11.1 Å². The van der Waals surface area contributed by atoms with Crippen LogP contribution in [0.15, 0.2) is 46.7 Å². The van der Waals surface area contributed by atoms with Crippen molar-refractivity contribution in [1.82, 2.24) is 0 Å². The SMILES string of the molecule is Cl.Cl.N/C(=N\O)c1cccc(COc2c(Cl)cc(/C(N)=N/O)cc2Cl)c1. The normalized spacial score (nSPS) is 11.3. The summed E-state index contributed by atoms with van der Waals surface area (Å²) in [4.78, 5) is 0. The number of hydrogen-bond donors (Lipinski definition) is 4. The van der Waals surface area contributed by atoms with Gasteiger partial charge in [-0.2, -0.15) is 0 Å². The van der Waals surface area contributed by atoms with Crippen LogP contribution in [0.3, 0.4) is 0 Å². The molecule has 0 heterocycles. The van der Waals surface area contributed by atoms with Crippen LogP contribution < -0.4 is 16.2 Å². The second-order valence-electron chi connectivity index (χ2n) is 4.73. The lowest BCUT2D eigenvalue weighted by molar-refractivity contribution is 0.306. The van der Waals surface area contributed by atoms with E-state index >= 15 is 0 Å². The average molecular weight is 442 g/mol. The third kappa shape index (κ3) is 5.74. The number of benzene rings is 2. The first-order valence-electron chi connectivity index (χ1n) is 6.62. The van der Waals surface area contributed by atoms with Gasteiger partial charge in [0.25, 0.3) is 0 Å². The van der Waals surface area contributed by atoms with Crippen LogP contribution in [0.25, 0.3) is 0 Å². The lowest BCUT2D eigenvalue weighted by Gasteiger charge is -2.12. The highest BCUT2D eigenvalue weighted by molar-refractivity contribution is 6.37. The first-order chi connectivity index (χ1) is 11.5.